The summed E-state index contributed by atoms with van der Waals surface area (Å²) in [6.45, 7) is 1.86. The summed E-state index contributed by atoms with van der Waals surface area (Å²) in [6.07, 6.45) is 4.80. The van der Waals surface area contributed by atoms with Gasteiger partial charge < -0.3 is 9.63 Å². The Labute approximate surface area is 106 Å². The lowest BCUT2D eigenvalue weighted by molar-refractivity contribution is 0.415. The number of hydrogen-bond acceptors (Lipinski definition) is 4. The Kier molecular flexibility index (Phi) is 2.78. The van der Waals surface area contributed by atoms with E-state index in [2.05, 4.69) is 10.1 Å². The van der Waals surface area contributed by atoms with E-state index in [1.54, 1.807) is 6.07 Å². The minimum Gasteiger partial charge on any atom is -0.508 e. The van der Waals surface area contributed by atoms with Gasteiger partial charge in [0.25, 0.3) is 5.89 Å². The molecular formula is C14H16N2O2. The molecule has 3 rings (SSSR count). The van der Waals surface area contributed by atoms with Gasteiger partial charge in [-0.15, -0.1) is 0 Å². The van der Waals surface area contributed by atoms with Crippen LogP contribution in [0.1, 0.15) is 43.0 Å². The molecule has 0 saturated heterocycles. The minimum absolute atomic E-state index is 0.258. The SMILES string of the molecule is Cc1ccc(-c2nc(C3CCCC3)no2)cc1O. The summed E-state index contributed by atoms with van der Waals surface area (Å²) in [4.78, 5) is 4.44. The summed E-state index contributed by atoms with van der Waals surface area (Å²) < 4.78 is 5.29. The first-order chi connectivity index (χ1) is 8.74. The van der Waals surface area contributed by atoms with Crippen molar-refractivity contribution in [2.45, 2.75) is 38.5 Å². The van der Waals surface area contributed by atoms with Gasteiger partial charge in [-0.25, -0.2) is 0 Å². The molecule has 1 fully saturated rings. The lowest BCUT2D eigenvalue weighted by Gasteiger charge is -2.00. The van der Waals surface area contributed by atoms with E-state index in [1.165, 1.54) is 12.8 Å². The highest BCUT2D eigenvalue weighted by atomic mass is 16.5. The second-order valence-electron chi connectivity index (χ2n) is 4.94. The zero-order chi connectivity index (χ0) is 12.5. The van der Waals surface area contributed by atoms with Crippen LogP contribution in [-0.4, -0.2) is 15.2 Å². The van der Waals surface area contributed by atoms with Crippen LogP contribution in [0.5, 0.6) is 5.75 Å². The van der Waals surface area contributed by atoms with Gasteiger partial charge in [0.15, 0.2) is 5.82 Å². The summed E-state index contributed by atoms with van der Waals surface area (Å²) in [5.74, 6) is 2.00. The molecule has 0 radical (unpaired) electrons. The molecule has 2 aromatic rings. The van der Waals surface area contributed by atoms with Crippen LogP contribution in [-0.2, 0) is 0 Å². The molecule has 0 aliphatic heterocycles. The maximum atomic E-state index is 9.69. The molecule has 1 aromatic heterocycles. The Morgan fingerprint density at radius 1 is 1.28 bits per heavy atom. The first-order valence-corrected chi connectivity index (χ1v) is 6.37. The molecule has 1 N–H and O–H groups in total. The minimum atomic E-state index is 0.258. The second kappa shape index (κ2) is 4.44. The van der Waals surface area contributed by atoms with Crippen LogP contribution in [0, 0.1) is 6.92 Å². The van der Waals surface area contributed by atoms with E-state index in [1.807, 2.05) is 19.1 Å². The van der Waals surface area contributed by atoms with Gasteiger partial charge in [-0.05, 0) is 37.5 Å². The normalized spacial score (nSPS) is 16.3. The standard InChI is InChI=1S/C14H16N2O2/c1-9-6-7-11(8-12(9)17)14-15-13(16-18-14)10-4-2-3-5-10/h6-8,10,17H,2-5H2,1H3. The highest BCUT2D eigenvalue weighted by molar-refractivity contribution is 5.57. The van der Waals surface area contributed by atoms with Crippen molar-refractivity contribution >= 4 is 0 Å². The van der Waals surface area contributed by atoms with Crippen molar-refractivity contribution in [1.29, 1.82) is 0 Å². The van der Waals surface area contributed by atoms with Crippen molar-refractivity contribution in [1.82, 2.24) is 10.1 Å². The number of aromatic hydroxyl groups is 1. The van der Waals surface area contributed by atoms with Crippen molar-refractivity contribution in [2.75, 3.05) is 0 Å². The van der Waals surface area contributed by atoms with E-state index >= 15 is 0 Å². The summed E-state index contributed by atoms with van der Waals surface area (Å²) in [5.41, 5.74) is 1.61. The lowest BCUT2D eigenvalue weighted by Crippen LogP contribution is -1.94. The third-order valence-electron chi connectivity index (χ3n) is 3.62. The fraction of sp³-hybridized carbons (Fsp3) is 0.429. The summed E-state index contributed by atoms with van der Waals surface area (Å²) in [6, 6.07) is 5.41. The van der Waals surface area contributed by atoms with Crippen molar-refractivity contribution in [3.63, 3.8) is 0 Å². The van der Waals surface area contributed by atoms with E-state index < -0.39 is 0 Å². The molecule has 0 atom stereocenters. The van der Waals surface area contributed by atoms with E-state index in [0.717, 1.165) is 29.8 Å². The zero-order valence-electron chi connectivity index (χ0n) is 10.4. The highest BCUT2D eigenvalue weighted by Gasteiger charge is 2.22. The van der Waals surface area contributed by atoms with Crippen molar-refractivity contribution in [3.05, 3.63) is 29.6 Å². The Bertz CT molecular complexity index is 557. The van der Waals surface area contributed by atoms with Crippen molar-refractivity contribution < 1.29 is 9.63 Å². The smallest absolute Gasteiger partial charge is 0.258 e. The van der Waals surface area contributed by atoms with E-state index in [9.17, 15) is 5.11 Å². The lowest BCUT2D eigenvalue weighted by atomic mass is 10.1. The number of aromatic nitrogens is 2. The molecule has 1 aliphatic carbocycles. The molecule has 94 valence electrons. The van der Waals surface area contributed by atoms with Gasteiger partial charge in [-0.3, -0.25) is 0 Å². The zero-order valence-corrected chi connectivity index (χ0v) is 10.4. The van der Waals surface area contributed by atoms with Crippen LogP contribution < -0.4 is 0 Å². The summed E-state index contributed by atoms with van der Waals surface area (Å²) in [5, 5.41) is 13.7. The largest absolute Gasteiger partial charge is 0.508 e. The number of phenols is 1. The van der Waals surface area contributed by atoms with E-state index in [0.29, 0.717) is 11.8 Å². The van der Waals surface area contributed by atoms with Crippen LogP contribution in [0.25, 0.3) is 11.5 Å². The Hall–Kier alpha value is -1.84. The Balaban J connectivity index is 1.89. The van der Waals surface area contributed by atoms with Gasteiger partial charge in [0.05, 0.1) is 0 Å². The van der Waals surface area contributed by atoms with Gasteiger partial charge in [0.2, 0.25) is 0 Å². The average molecular weight is 244 g/mol. The summed E-state index contributed by atoms with van der Waals surface area (Å²) in [7, 11) is 0. The predicted molar refractivity (Wildman–Crippen MR) is 67.3 cm³/mol. The van der Waals surface area contributed by atoms with Crippen LogP contribution in [0.15, 0.2) is 22.7 Å². The monoisotopic (exact) mass is 244 g/mol. The third kappa shape index (κ3) is 1.98. The van der Waals surface area contributed by atoms with E-state index in [-0.39, 0.29) is 5.75 Å². The van der Waals surface area contributed by atoms with Crippen molar-refractivity contribution in [3.8, 4) is 17.2 Å². The molecule has 4 nitrogen and oxygen atoms in total. The molecule has 0 unspecified atom stereocenters. The maximum Gasteiger partial charge on any atom is 0.258 e. The van der Waals surface area contributed by atoms with Crippen LogP contribution in [0.2, 0.25) is 0 Å². The third-order valence-corrected chi connectivity index (χ3v) is 3.62. The molecule has 0 amide bonds. The fourth-order valence-corrected chi connectivity index (χ4v) is 2.44. The molecular weight excluding hydrogens is 228 g/mol. The van der Waals surface area contributed by atoms with Gasteiger partial charge in [0, 0.05) is 11.5 Å². The van der Waals surface area contributed by atoms with Crippen LogP contribution >= 0.6 is 0 Å². The predicted octanol–water partition coefficient (Wildman–Crippen LogP) is 3.41. The number of nitrogens with zero attached hydrogens (tertiary/aromatic N) is 2. The molecule has 0 spiro atoms. The number of hydrogen-bond donors (Lipinski definition) is 1. The fourth-order valence-electron chi connectivity index (χ4n) is 2.44. The quantitative estimate of drug-likeness (QED) is 0.879. The molecule has 1 heterocycles. The van der Waals surface area contributed by atoms with Crippen LogP contribution in [0.3, 0.4) is 0 Å². The number of phenolic OH excluding ortho intramolecular Hbond substituents is 1. The van der Waals surface area contributed by atoms with Crippen LogP contribution in [0.4, 0.5) is 0 Å². The second-order valence-corrected chi connectivity index (χ2v) is 4.94. The molecule has 18 heavy (non-hydrogen) atoms. The van der Waals surface area contributed by atoms with Gasteiger partial charge in [-0.1, -0.05) is 24.1 Å². The van der Waals surface area contributed by atoms with Gasteiger partial charge in [-0.2, -0.15) is 4.98 Å². The topological polar surface area (TPSA) is 59.2 Å². The maximum absolute atomic E-state index is 9.69. The molecule has 4 heteroatoms. The van der Waals surface area contributed by atoms with Crippen molar-refractivity contribution in [2.24, 2.45) is 0 Å². The highest BCUT2D eigenvalue weighted by Crippen LogP contribution is 2.33. The Morgan fingerprint density at radius 2 is 2.06 bits per heavy atom. The molecule has 1 aromatic carbocycles. The summed E-state index contributed by atoms with van der Waals surface area (Å²) >= 11 is 0. The molecule has 0 bridgehead atoms. The average Bonchev–Trinajstić information content (AvgIpc) is 3.01. The first kappa shape index (κ1) is 11.3. The molecule has 1 saturated carbocycles. The van der Waals surface area contributed by atoms with Gasteiger partial charge in [0.1, 0.15) is 5.75 Å². The molecule has 1 aliphatic rings. The first-order valence-electron chi connectivity index (χ1n) is 6.37. The van der Waals surface area contributed by atoms with Gasteiger partial charge >= 0.3 is 0 Å². The number of rotatable bonds is 2. The number of aryl methyl sites for hydroxylation is 1. The van der Waals surface area contributed by atoms with E-state index in [4.69, 9.17) is 4.52 Å². The number of benzene rings is 1. The Morgan fingerprint density at radius 3 is 2.78 bits per heavy atom.